The molecule has 0 aromatic heterocycles. The average Bonchev–Trinajstić information content (AvgIpc) is 3.12. The fourth-order valence-electron chi connectivity index (χ4n) is 4.61. The van der Waals surface area contributed by atoms with Crippen LogP contribution in [0.1, 0.15) is 47.2 Å². The molecule has 2 aliphatic heterocycles. The van der Waals surface area contributed by atoms with Gasteiger partial charge in [0.05, 0.1) is 0 Å². The van der Waals surface area contributed by atoms with Gasteiger partial charge in [0.1, 0.15) is 0 Å². The number of carbonyl (C=O) groups is 1. The number of carbonyl (C=O) groups excluding carboxylic acids is 1. The molecule has 2 unspecified atom stereocenters. The Bertz CT molecular complexity index is 782. The first-order valence-electron chi connectivity index (χ1n) is 8.69. The minimum atomic E-state index is 0.260. The van der Waals surface area contributed by atoms with Crippen molar-refractivity contribution in [3.05, 3.63) is 59.2 Å². The van der Waals surface area contributed by atoms with Crippen molar-refractivity contribution < 1.29 is 4.79 Å². The van der Waals surface area contributed by atoms with Gasteiger partial charge in [0, 0.05) is 22.0 Å². The molecule has 2 saturated heterocycles. The van der Waals surface area contributed by atoms with Gasteiger partial charge in [-0.3, -0.25) is 4.79 Å². The van der Waals surface area contributed by atoms with Gasteiger partial charge in [-0.25, -0.2) is 0 Å². The number of hydrogen-bond donors (Lipinski definition) is 0. The van der Waals surface area contributed by atoms with E-state index in [-0.39, 0.29) is 5.92 Å². The Kier molecular flexibility index (Phi) is 3.16. The summed E-state index contributed by atoms with van der Waals surface area (Å²) in [5, 5.41) is 1.47. The second kappa shape index (κ2) is 5.24. The van der Waals surface area contributed by atoms with E-state index in [2.05, 4.69) is 54.2 Å². The molecule has 0 radical (unpaired) electrons. The molecule has 1 aliphatic carbocycles. The van der Waals surface area contributed by atoms with Crippen molar-refractivity contribution in [3.63, 3.8) is 0 Å². The molecular weight excluding hydrogens is 300 g/mol. The number of fused-ring (bicyclic) bond motifs is 5. The molecule has 2 aromatic rings. The highest BCUT2D eigenvalue weighted by Crippen LogP contribution is 2.47. The predicted molar refractivity (Wildman–Crippen MR) is 96.1 cm³/mol. The number of rotatable bonds is 2. The minimum Gasteiger partial charge on any atom is -0.294 e. The van der Waals surface area contributed by atoms with Gasteiger partial charge in [0.2, 0.25) is 0 Å². The molecule has 2 aromatic carbocycles. The van der Waals surface area contributed by atoms with Crippen molar-refractivity contribution in [1.82, 2.24) is 0 Å². The van der Waals surface area contributed by atoms with Gasteiger partial charge in [0.25, 0.3) is 0 Å². The Balaban J connectivity index is 1.44. The largest absolute Gasteiger partial charge is 0.294 e. The number of benzene rings is 2. The van der Waals surface area contributed by atoms with E-state index in [1.54, 1.807) is 0 Å². The number of hydrogen-bond acceptors (Lipinski definition) is 2. The maximum Gasteiger partial charge on any atom is 0.166 e. The zero-order chi connectivity index (χ0) is 15.4. The van der Waals surface area contributed by atoms with Crippen LogP contribution in [0.25, 0.3) is 11.1 Å². The second-order valence-electron chi connectivity index (χ2n) is 7.20. The summed E-state index contributed by atoms with van der Waals surface area (Å²) in [7, 11) is 0. The third-order valence-electron chi connectivity index (χ3n) is 5.74. The van der Waals surface area contributed by atoms with Crippen LogP contribution in [-0.4, -0.2) is 16.3 Å². The van der Waals surface area contributed by atoms with Gasteiger partial charge in [-0.05, 0) is 60.4 Å². The molecule has 1 nitrogen and oxygen atoms in total. The van der Waals surface area contributed by atoms with Gasteiger partial charge < -0.3 is 0 Å². The van der Waals surface area contributed by atoms with Crippen LogP contribution in [0.4, 0.5) is 0 Å². The minimum absolute atomic E-state index is 0.260. The van der Waals surface area contributed by atoms with Crippen LogP contribution in [0.15, 0.2) is 42.5 Å². The van der Waals surface area contributed by atoms with Gasteiger partial charge in [-0.1, -0.05) is 36.4 Å². The zero-order valence-corrected chi connectivity index (χ0v) is 13.9. The van der Waals surface area contributed by atoms with Gasteiger partial charge in [0.15, 0.2) is 5.78 Å². The van der Waals surface area contributed by atoms with Gasteiger partial charge in [-0.2, -0.15) is 11.8 Å². The molecule has 0 spiro atoms. The number of thioether (sulfide) groups is 1. The SMILES string of the molecule is O=C(c1ccc2c(c1)Cc1ccccc1-2)C1CC2CCC(C1)S2. The summed E-state index contributed by atoms with van der Waals surface area (Å²) in [6.07, 6.45) is 5.80. The molecule has 0 N–H and O–H groups in total. The zero-order valence-electron chi connectivity index (χ0n) is 13.1. The Morgan fingerprint density at radius 2 is 1.65 bits per heavy atom. The Labute approximate surface area is 141 Å². The summed E-state index contributed by atoms with van der Waals surface area (Å²) in [4.78, 5) is 13.0. The fraction of sp³-hybridized carbons (Fsp3) is 0.381. The maximum atomic E-state index is 13.0. The summed E-state index contributed by atoms with van der Waals surface area (Å²) in [5.41, 5.74) is 6.31. The molecule has 2 fully saturated rings. The highest BCUT2D eigenvalue weighted by Gasteiger charge is 2.38. The van der Waals surface area contributed by atoms with Crippen LogP contribution in [0.5, 0.6) is 0 Å². The molecule has 2 atom stereocenters. The van der Waals surface area contributed by atoms with Gasteiger partial charge in [-0.15, -0.1) is 0 Å². The molecule has 0 saturated carbocycles. The Morgan fingerprint density at radius 1 is 0.913 bits per heavy atom. The lowest BCUT2D eigenvalue weighted by molar-refractivity contribution is 0.0907. The standard InChI is InChI=1S/C21H20OS/c22-21(16-11-17-6-7-18(12-16)23-17)14-5-8-20-15(10-14)9-13-3-1-2-4-19(13)20/h1-5,8,10,16-18H,6-7,9,11-12H2. The molecule has 2 heteroatoms. The summed E-state index contributed by atoms with van der Waals surface area (Å²) in [6.45, 7) is 0. The van der Waals surface area contributed by atoms with Crippen LogP contribution in [-0.2, 0) is 6.42 Å². The van der Waals surface area contributed by atoms with Crippen molar-refractivity contribution in [1.29, 1.82) is 0 Å². The van der Waals surface area contributed by atoms with Crippen molar-refractivity contribution in [2.24, 2.45) is 5.92 Å². The molecule has 5 rings (SSSR count). The molecule has 0 amide bonds. The normalized spacial score (nSPS) is 27.6. The average molecular weight is 320 g/mol. The topological polar surface area (TPSA) is 17.1 Å². The lowest BCUT2D eigenvalue weighted by atomic mass is 9.89. The summed E-state index contributed by atoms with van der Waals surface area (Å²) in [5.74, 6) is 0.650. The fourth-order valence-corrected chi connectivity index (χ4v) is 6.38. The second-order valence-corrected chi connectivity index (χ2v) is 8.80. The van der Waals surface area contributed by atoms with Crippen molar-refractivity contribution in [3.8, 4) is 11.1 Å². The van der Waals surface area contributed by atoms with Gasteiger partial charge >= 0.3 is 0 Å². The number of ketones is 1. The first-order valence-corrected chi connectivity index (χ1v) is 9.63. The molecule has 116 valence electrons. The monoisotopic (exact) mass is 320 g/mol. The van der Waals surface area contributed by atoms with E-state index in [1.165, 1.54) is 35.1 Å². The quantitative estimate of drug-likeness (QED) is 0.610. The highest BCUT2D eigenvalue weighted by atomic mass is 32.2. The van der Waals surface area contributed by atoms with E-state index >= 15 is 0 Å². The van der Waals surface area contributed by atoms with E-state index < -0.39 is 0 Å². The van der Waals surface area contributed by atoms with E-state index in [4.69, 9.17) is 0 Å². The Morgan fingerprint density at radius 3 is 2.48 bits per heavy atom. The molecule has 2 bridgehead atoms. The van der Waals surface area contributed by atoms with Crippen molar-refractivity contribution in [2.45, 2.75) is 42.6 Å². The van der Waals surface area contributed by atoms with Crippen LogP contribution >= 0.6 is 11.8 Å². The summed E-state index contributed by atoms with van der Waals surface area (Å²) in [6, 6.07) is 15.0. The summed E-state index contributed by atoms with van der Waals surface area (Å²) >= 11 is 2.13. The molecule has 2 heterocycles. The number of Topliss-reactive ketones (excluding diaryl/α,β-unsaturated/α-hetero) is 1. The van der Waals surface area contributed by atoms with Crippen LogP contribution in [0, 0.1) is 5.92 Å². The molecule has 3 aliphatic rings. The van der Waals surface area contributed by atoms with Crippen LogP contribution in [0.3, 0.4) is 0 Å². The molecular formula is C21H20OS. The smallest absolute Gasteiger partial charge is 0.166 e. The van der Waals surface area contributed by atoms with E-state index in [0.29, 0.717) is 5.78 Å². The highest BCUT2D eigenvalue weighted by molar-refractivity contribution is 8.00. The van der Waals surface area contributed by atoms with Crippen LogP contribution < -0.4 is 0 Å². The first-order chi connectivity index (χ1) is 11.3. The van der Waals surface area contributed by atoms with Crippen LogP contribution in [0.2, 0.25) is 0 Å². The van der Waals surface area contributed by atoms with E-state index in [0.717, 1.165) is 35.3 Å². The third-order valence-corrected chi connectivity index (χ3v) is 7.37. The Hall–Kier alpha value is -1.54. The van der Waals surface area contributed by atoms with E-state index in [1.807, 2.05) is 0 Å². The molecule has 23 heavy (non-hydrogen) atoms. The predicted octanol–water partition coefficient (Wildman–Crippen LogP) is 5.11. The third kappa shape index (κ3) is 2.27. The first kappa shape index (κ1) is 13.9. The lowest BCUT2D eigenvalue weighted by Gasteiger charge is -2.26. The lowest BCUT2D eigenvalue weighted by Crippen LogP contribution is -2.24. The van der Waals surface area contributed by atoms with Crippen molar-refractivity contribution >= 4 is 17.5 Å². The maximum absolute atomic E-state index is 13.0. The van der Waals surface area contributed by atoms with E-state index in [9.17, 15) is 4.79 Å². The summed E-state index contributed by atoms with van der Waals surface area (Å²) < 4.78 is 0. The van der Waals surface area contributed by atoms with Crippen molar-refractivity contribution in [2.75, 3.05) is 0 Å².